The van der Waals surface area contributed by atoms with Crippen molar-refractivity contribution in [2.24, 2.45) is 11.3 Å². The minimum atomic E-state index is -0.945. The molecule has 0 spiro atoms. The van der Waals surface area contributed by atoms with Crippen LogP contribution >= 0.6 is 0 Å². The summed E-state index contributed by atoms with van der Waals surface area (Å²) in [7, 11) is 3.04. The lowest BCUT2D eigenvalue weighted by atomic mass is 9.88. The van der Waals surface area contributed by atoms with Crippen LogP contribution in [0.1, 0.15) is 24.3 Å². The third kappa shape index (κ3) is 2.93. The summed E-state index contributed by atoms with van der Waals surface area (Å²) in [4.78, 5) is 26.1. The molecule has 1 aromatic carbocycles. The second-order valence-corrected chi connectivity index (χ2v) is 6.78. The highest BCUT2D eigenvalue weighted by molar-refractivity contribution is 5.87. The van der Waals surface area contributed by atoms with Gasteiger partial charge in [0.2, 0.25) is 5.91 Å². The summed E-state index contributed by atoms with van der Waals surface area (Å²) in [6.07, 6.45) is 1.31. The average molecular weight is 349 g/mol. The van der Waals surface area contributed by atoms with Gasteiger partial charge in [0.25, 0.3) is 0 Å². The van der Waals surface area contributed by atoms with Crippen molar-refractivity contribution in [1.29, 1.82) is 0 Å². The van der Waals surface area contributed by atoms with Crippen molar-refractivity contribution in [3.8, 4) is 11.5 Å². The van der Waals surface area contributed by atoms with Crippen molar-refractivity contribution in [2.75, 3.05) is 33.9 Å². The number of carboxylic acid groups (broad SMARTS) is 1. The Labute approximate surface area is 146 Å². The Morgan fingerprint density at radius 1 is 1.24 bits per heavy atom. The van der Waals surface area contributed by atoms with Gasteiger partial charge in [0.1, 0.15) is 0 Å². The molecular weight excluding hydrogens is 326 g/mol. The molecule has 25 heavy (non-hydrogen) atoms. The van der Waals surface area contributed by atoms with Crippen molar-refractivity contribution >= 4 is 11.9 Å². The molecule has 7 heteroatoms. The van der Waals surface area contributed by atoms with E-state index in [4.69, 9.17) is 9.47 Å². The molecule has 1 aliphatic carbocycles. The molecule has 1 saturated heterocycles. The lowest BCUT2D eigenvalue weighted by Crippen LogP contribution is -2.37. The molecule has 136 valence electrons. The summed E-state index contributed by atoms with van der Waals surface area (Å²) < 4.78 is 10.7. The summed E-state index contributed by atoms with van der Waals surface area (Å²) in [5, 5.41) is 19.1. The Hall–Kier alpha value is -2.28. The maximum absolute atomic E-state index is 12.7. The fourth-order valence-corrected chi connectivity index (χ4v) is 3.66. The Bertz CT molecular complexity index is 684. The average Bonchev–Trinajstić information content (AvgIpc) is 3.30. The van der Waals surface area contributed by atoms with Crippen molar-refractivity contribution in [1.82, 2.24) is 4.90 Å². The van der Waals surface area contributed by atoms with Gasteiger partial charge in [-0.1, -0.05) is 12.1 Å². The quantitative estimate of drug-likeness (QED) is 0.798. The van der Waals surface area contributed by atoms with E-state index in [9.17, 15) is 19.8 Å². The summed E-state index contributed by atoms with van der Waals surface area (Å²) >= 11 is 0. The normalized spacial score (nSPS) is 24.0. The predicted octanol–water partition coefficient (Wildman–Crippen LogP) is 1.10. The Balaban J connectivity index is 1.92. The van der Waals surface area contributed by atoms with E-state index in [1.54, 1.807) is 17.0 Å². The van der Waals surface area contributed by atoms with Crippen LogP contribution < -0.4 is 9.47 Å². The van der Waals surface area contributed by atoms with Crippen LogP contribution in [0.15, 0.2) is 18.2 Å². The molecule has 2 atom stereocenters. The van der Waals surface area contributed by atoms with Crippen molar-refractivity contribution in [3.05, 3.63) is 23.8 Å². The molecular formula is C18H23NO6. The number of carbonyl (C=O) groups excluding carboxylic acids is 1. The number of aliphatic carboxylic acids is 1. The van der Waals surface area contributed by atoms with Crippen LogP contribution in [0.4, 0.5) is 0 Å². The zero-order valence-electron chi connectivity index (χ0n) is 14.4. The number of benzene rings is 1. The topological polar surface area (TPSA) is 96.3 Å². The lowest BCUT2D eigenvalue weighted by Gasteiger charge is -2.22. The minimum absolute atomic E-state index is 0.140. The SMILES string of the molecule is COc1cccc([C@@H]2CN(C(=O)C3(CO)CC3)C[C@H]2C(=O)O)c1OC. The van der Waals surface area contributed by atoms with Crippen LogP contribution in [-0.4, -0.2) is 60.9 Å². The Morgan fingerprint density at radius 3 is 2.48 bits per heavy atom. The number of aliphatic hydroxyl groups is 1. The zero-order chi connectivity index (χ0) is 18.2. The highest BCUT2D eigenvalue weighted by Gasteiger charge is 2.54. The van der Waals surface area contributed by atoms with Gasteiger partial charge >= 0.3 is 5.97 Å². The molecule has 7 nitrogen and oxygen atoms in total. The minimum Gasteiger partial charge on any atom is -0.493 e. The van der Waals surface area contributed by atoms with E-state index in [0.29, 0.717) is 30.9 Å². The molecule has 3 rings (SSSR count). The zero-order valence-corrected chi connectivity index (χ0v) is 14.4. The Kier molecular flexibility index (Phi) is 4.60. The van der Waals surface area contributed by atoms with E-state index < -0.39 is 17.3 Å². The van der Waals surface area contributed by atoms with Gasteiger partial charge in [-0.3, -0.25) is 9.59 Å². The van der Waals surface area contributed by atoms with E-state index in [0.717, 1.165) is 5.56 Å². The van der Waals surface area contributed by atoms with Crippen LogP contribution in [-0.2, 0) is 9.59 Å². The van der Waals surface area contributed by atoms with Gasteiger partial charge in [-0.2, -0.15) is 0 Å². The molecule has 1 saturated carbocycles. The number of hydrogen-bond donors (Lipinski definition) is 2. The molecule has 1 amide bonds. The van der Waals surface area contributed by atoms with Crippen molar-refractivity contribution in [3.63, 3.8) is 0 Å². The number of carbonyl (C=O) groups is 2. The molecule has 1 heterocycles. The predicted molar refractivity (Wildman–Crippen MR) is 88.7 cm³/mol. The smallest absolute Gasteiger partial charge is 0.308 e. The van der Waals surface area contributed by atoms with Crippen LogP contribution in [0.3, 0.4) is 0 Å². The van der Waals surface area contributed by atoms with Gasteiger partial charge < -0.3 is 24.6 Å². The van der Waals surface area contributed by atoms with Crippen LogP contribution in [0.25, 0.3) is 0 Å². The number of carboxylic acids is 1. The number of para-hydroxylation sites is 1. The van der Waals surface area contributed by atoms with Crippen molar-refractivity contribution in [2.45, 2.75) is 18.8 Å². The largest absolute Gasteiger partial charge is 0.493 e. The Morgan fingerprint density at radius 2 is 1.96 bits per heavy atom. The number of hydrogen-bond acceptors (Lipinski definition) is 5. The van der Waals surface area contributed by atoms with Gasteiger partial charge in [-0.25, -0.2) is 0 Å². The van der Waals surface area contributed by atoms with E-state index in [1.807, 2.05) is 6.07 Å². The van der Waals surface area contributed by atoms with Crippen molar-refractivity contribution < 1.29 is 29.3 Å². The number of methoxy groups -OCH3 is 2. The number of likely N-dealkylation sites (tertiary alicyclic amines) is 1. The molecule has 1 aromatic rings. The van der Waals surface area contributed by atoms with Gasteiger partial charge in [0, 0.05) is 24.6 Å². The fourth-order valence-electron chi connectivity index (χ4n) is 3.66. The standard InChI is InChI=1S/C18H23NO6/c1-24-14-5-3-4-11(15(14)25-2)12-8-19(9-13(12)16(21)22)17(23)18(10-20)6-7-18/h3-5,12-13,20H,6-10H2,1-2H3,(H,21,22)/t12-,13+/m0/s1. The molecule has 2 fully saturated rings. The summed E-state index contributed by atoms with van der Waals surface area (Å²) in [6, 6.07) is 5.35. The monoisotopic (exact) mass is 349 g/mol. The molecule has 0 unspecified atom stereocenters. The molecule has 2 N–H and O–H groups in total. The van der Waals surface area contributed by atoms with Crippen LogP contribution in [0, 0.1) is 11.3 Å². The number of aliphatic hydroxyl groups excluding tert-OH is 1. The molecule has 0 aromatic heterocycles. The first kappa shape index (κ1) is 17.5. The first-order valence-corrected chi connectivity index (χ1v) is 8.31. The summed E-state index contributed by atoms with van der Waals surface area (Å²) in [6.45, 7) is 0.245. The van der Waals surface area contributed by atoms with Gasteiger partial charge in [-0.15, -0.1) is 0 Å². The first-order valence-electron chi connectivity index (χ1n) is 8.31. The van der Waals surface area contributed by atoms with Gasteiger partial charge in [0.15, 0.2) is 11.5 Å². The number of rotatable bonds is 6. The number of amides is 1. The second-order valence-electron chi connectivity index (χ2n) is 6.78. The molecule has 0 radical (unpaired) electrons. The third-order valence-electron chi connectivity index (χ3n) is 5.37. The number of nitrogens with zero attached hydrogens (tertiary/aromatic N) is 1. The second kappa shape index (κ2) is 6.55. The van der Waals surface area contributed by atoms with E-state index in [1.165, 1.54) is 14.2 Å². The summed E-state index contributed by atoms with van der Waals surface area (Å²) in [5.41, 5.74) is 0.0227. The summed E-state index contributed by atoms with van der Waals surface area (Å²) in [5.74, 6) is -1.17. The first-order chi connectivity index (χ1) is 12.0. The maximum atomic E-state index is 12.7. The third-order valence-corrected chi connectivity index (χ3v) is 5.37. The van der Waals surface area contributed by atoms with Crippen LogP contribution in [0.5, 0.6) is 11.5 Å². The number of ether oxygens (including phenoxy) is 2. The maximum Gasteiger partial charge on any atom is 0.308 e. The van der Waals surface area contributed by atoms with Gasteiger partial charge in [0.05, 0.1) is 32.2 Å². The van der Waals surface area contributed by atoms with Crippen LogP contribution in [0.2, 0.25) is 0 Å². The van der Waals surface area contributed by atoms with E-state index in [-0.39, 0.29) is 25.0 Å². The molecule has 0 bridgehead atoms. The highest BCUT2D eigenvalue weighted by Crippen LogP contribution is 2.49. The fraction of sp³-hybridized carbons (Fsp3) is 0.556. The highest BCUT2D eigenvalue weighted by atomic mass is 16.5. The molecule has 1 aliphatic heterocycles. The van der Waals surface area contributed by atoms with E-state index in [2.05, 4.69) is 0 Å². The van der Waals surface area contributed by atoms with E-state index >= 15 is 0 Å². The molecule has 2 aliphatic rings. The van der Waals surface area contributed by atoms with Gasteiger partial charge in [-0.05, 0) is 18.9 Å². The lowest BCUT2D eigenvalue weighted by molar-refractivity contribution is -0.142.